The molecule has 104 valence electrons. The molecular weight excluding hydrogens is 299 g/mol. The Morgan fingerprint density at radius 1 is 1.45 bits per heavy atom. The summed E-state index contributed by atoms with van der Waals surface area (Å²) in [6, 6.07) is 4.40. The summed E-state index contributed by atoms with van der Waals surface area (Å²) in [5.41, 5.74) is 2.71. The van der Waals surface area contributed by atoms with Crippen LogP contribution in [0.5, 0.6) is 0 Å². The van der Waals surface area contributed by atoms with Crippen LogP contribution < -0.4 is 0 Å². The van der Waals surface area contributed by atoms with Crippen molar-refractivity contribution in [1.29, 1.82) is 0 Å². The third-order valence-corrected chi connectivity index (χ3v) is 3.72. The number of nitrogens with zero attached hydrogens (tertiary/aromatic N) is 3. The fourth-order valence-electron chi connectivity index (χ4n) is 2.30. The number of benzene rings is 1. The Kier molecular flexibility index (Phi) is 3.14. The number of H-pyrrole nitrogens is 1. The molecule has 0 aliphatic carbocycles. The molecule has 0 saturated carbocycles. The van der Waals surface area contributed by atoms with E-state index in [-0.39, 0.29) is 5.82 Å². The maximum atomic E-state index is 14.1. The normalized spacial score (nSPS) is 11.4. The number of fused-ring (bicyclic) bond motifs is 1. The highest BCUT2D eigenvalue weighted by atomic mass is 35.5. The SMILES string of the molecule is CCn1nc(C)c2[nH]c(=S)n(-c3cc(Cl)ccc3F)c21. The summed E-state index contributed by atoms with van der Waals surface area (Å²) in [7, 11) is 0. The highest BCUT2D eigenvalue weighted by Crippen LogP contribution is 2.25. The molecule has 1 aromatic carbocycles. The van der Waals surface area contributed by atoms with Crippen LogP contribution >= 0.6 is 23.8 Å². The second-order valence-corrected chi connectivity index (χ2v) is 5.28. The first-order valence-corrected chi connectivity index (χ1v) is 6.95. The zero-order chi connectivity index (χ0) is 14.4. The van der Waals surface area contributed by atoms with Crippen molar-refractivity contribution in [3.8, 4) is 5.69 Å². The Bertz CT molecular complexity index is 861. The summed E-state index contributed by atoms with van der Waals surface area (Å²) in [5.74, 6) is -0.382. The van der Waals surface area contributed by atoms with Crippen molar-refractivity contribution in [2.75, 3.05) is 0 Å². The molecule has 0 atom stereocenters. The summed E-state index contributed by atoms with van der Waals surface area (Å²) < 4.78 is 18.0. The first kappa shape index (κ1) is 13.3. The molecule has 0 aliphatic rings. The summed E-state index contributed by atoms with van der Waals surface area (Å²) in [6.07, 6.45) is 0. The van der Waals surface area contributed by atoms with E-state index in [0.717, 1.165) is 16.9 Å². The zero-order valence-electron chi connectivity index (χ0n) is 10.9. The van der Waals surface area contributed by atoms with Crippen LogP contribution in [0.25, 0.3) is 16.9 Å². The Morgan fingerprint density at radius 2 is 2.20 bits per heavy atom. The number of rotatable bonds is 2. The molecule has 0 aliphatic heterocycles. The van der Waals surface area contributed by atoms with Crippen LogP contribution in [0.1, 0.15) is 12.6 Å². The largest absolute Gasteiger partial charge is 0.327 e. The smallest absolute Gasteiger partial charge is 0.184 e. The van der Waals surface area contributed by atoms with Gasteiger partial charge >= 0.3 is 0 Å². The van der Waals surface area contributed by atoms with Crippen molar-refractivity contribution in [2.45, 2.75) is 20.4 Å². The average Bonchev–Trinajstić information content (AvgIpc) is 2.90. The van der Waals surface area contributed by atoms with Gasteiger partial charge in [-0.1, -0.05) is 11.6 Å². The molecule has 0 spiro atoms. The van der Waals surface area contributed by atoms with Gasteiger partial charge in [-0.15, -0.1) is 0 Å². The number of halogens is 2. The van der Waals surface area contributed by atoms with Gasteiger partial charge in [0.2, 0.25) is 0 Å². The van der Waals surface area contributed by atoms with Crippen LogP contribution in [-0.2, 0) is 6.54 Å². The van der Waals surface area contributed by atoms with Gasteiger partial charge in [-0.25, -0.2) is 9.07 Å². The van der Waals surface area contributed by atoms with E-state index in [4.69, 9.17) is 23.8 Å². The summed E-state index contributed by atoms with van der Waals surface area (Å²) in [6.45, 7) is 4.53. The molecule has 2 heterocycles. The van der Waals surface area contributed by atoms with E-state index in [1.54, 1.807) is 15.3 Å². The van der Waals surface area contributed by atoms with Crippen molar-refractivity contribution < 1.29 is 4.39 Å². The molecule has 0 amide bonds. The highest BCUT2D eigenvalue weighted by molar-refractivity contribution is 7.71. The van der Waals surface area contributed by atoms with Gasteiger partial charge < -0.3 is 4.98 Å². The number of hydrogen-bond donors (Lipinski definition) is 1. The zero-order valence-corrected chi connectivity index (χ0v) is 12.5. The van der Waals surface area contributed by atoms with Crippen LogP contribution in [0.4, 0.5) is 4.39 Å². The Morgan fingerprint density at radius 3 is 2.90 bits per heavy atom. The third-order valence-electron chi connectivity index (χ3n) is 3.20. The van der Waals surface area contributed by atoms with E-state index in [0.29, 0.717) is 22.0 Å². The summed E-state index contributed by atoms with van der Waals surface area (Å²) in [5, 5.41) is 4.87. The predicted octanol–water partition coefficient (Wildman–Crippen LogP) is 4.01. The van der Waals surface area contributed by atoms with Crippen molar-refractivity contribution in [3.63, 3.8) is 0 Å². The first-order valence-electron chi connectivity index (χ1n) is 6.16. The van der Waals surface area contributed by atoms with Crippen LogP contribution in [0, 0.1) is 17.5 Å². The second kappa shape index (κ2) is 4.71. The molecule has 0 bridgehead atoms. The fourth-order valence-corrected chi connectivity index (χ4v) is 2.76. The number of nitrogens with one attached hydrogen (secondary N) is 1. The minimum atomic E-state index is -0.382. The summed E-state index contributed by atoms with van der Waals surface area (Å²) in [4.78, 5) is 3.08. The molecule has 7 heteroatoms. The van der Waals surface area contributed by atoms with Crippen LogP contribution in [0.15, 0.2) is 18.2 Å². The van der Waals surface area contributed by atoms with Gasteiger partial charge in [-0.3, -0.25) is 4.57 Å². The maximum absolute atomic E-state index is 14.1. The lowest BCUT2D eigenvalue weighted by atomic mass is 10.3. The number of aromatic amines is 1. The maximum Gasteiger partial charge on any atom is 0.184 e. The Balaban J connectivity index is 2.44. The Labute approximate surface area is 124 Å². The monoisotopic (exact) mass is 310 g/mol. The van der Waals surface area contributed by atoms with Gasteiger partial charge in [0, 0.05) is 11.6 Å². The third kappa shape index (κ3) is 1.87. The first-order chi connectivity index (χ1) is 9.52. The van der Waals surface area contributed by atoms with Gasteiger partial charge in [0.15, 0.2) is 10.4 Å². The van der Waals surface area contributed by atoms with E-state index in [2.05, 4.69) is 10.1 Å². The molecular formula is C13H12ClFN4S. The molecule has 0 unspecified atom stereocenters. The number of aromatic nitrogens is 4. The highest BCUT2D eigenvalue weighted by Gasteiger charge is 2.17. The van der Waals surface area contributed by atoms with Crippen LogP contribution in [0.2, 0.25) is 5.02 Å². The molecule has 3 rings (SSSR count). The van der Waals surface area contributed by atoms with Gasteiger partial charge in [-0.05, 0) is 44.3 Å². The molecule has 4 nitrogen and oxygen atoms in total. The lowest BCUT2D eigenvalue weighted by Crippen LogP contribution is -2.05. The number of imidazole rings is 1. The molecule has 1 N–H and O–H groups in total. The number of aryl methyl sites for hydroxylation is 2. The van der Waals surface area contributed by atoms with Crippen LogP contribution in [0.3, 0.4) is 0 Å². The molecule has 0 fully saturated rings. The van der Waals surface area contributed by atoms with E-state index in [1.807, 2.05) is 13.8 Å². The standard InChI is InChI=1S/C13H12ClFN4S/c1-3-18-12-11(7(2)17-18)16-13(20)19(12)10-6-8(14)4-5-9(10)15/h4-6H,3H2,1-2H3,(H,16,20). The number of hydrogen-bond acceptors (Lipinski definition) is 2. The average molecular weight is 311 g/mol. The Hall–Kier alpha value is -1.66. The lowest BCUT2D eigenvalue weighted by molar-refractivity contribution is 0.613. The predicted molar refractivity (Wildman–Crippen MR) is 79.6 cm³/mol. The quantitative estimate of drug-likeness (QED) is 0.726. The van der Waals surface area contributed by atoms with E-state index < -0.39 is 0 Å². The minimum absolute atomic E-state index is 0.323. The van der Waals surface area contributed by atoms with E-state index >= 15 is 0 Å². The van der Waals surface area contributed by atoms with Crippen LogP contribution in [-0.4, -0.2) is 19.3 Å². The fraction of sp³-hybridized carbons (Fsp3) is 0.231. The van der Waals surface area contributed by atoms with Gasteiger partial charge in [-0.2, -0.15) is 5.10 Å². The molecule has 0 radical (unpaired) electrons. The molecule has 20 heavy (non-hydrogen) atoms. The van der Waals surface area contributed by atoms with E-state index in [9.17, 15) is 4.39 Å². The van der Waals surface area contributed by atoms with Gasteiger partial charge in [0.05, 0.1) is 11.4 Å². The molecule has 3 aromatic rings. The lowest BCUT2D eigenvalue weighted by Gasteiger charge is -2.07. The molecule has 2 aromatic heterocycles. The van der Waals surface area contributed by atoms with Gasteiger partial charge in [0.25, 0.3) is 0 Å². The topological polar surface area (TPSA) is 38.5 Å². The van der Waals surface area contributed by atoms with E-state index in [1.165, 1.54) is 12.1 Å². The minimum Gasteiger partial charge on any atom is -0.327 e. The summed E-state index contributed by atoms with van der Waals surface area (Å²) >= 11 is 11.3. The molecule has 0 saturated heterocycles. The van der Waals surface area contributed by atoms with Crippen molar-refractivity contribution in [3.05, 3.63) is 39.5 Å². The van der Waals surface area contributed by atoms with Crippen molar-refractivity contribution in [2.24, 2.45) is 0 Å². The van der Waals surface area contributed by atoms with Gasteiger partial charge in [0.1, 0.15) is 11.3 Å². The van der Waals surface area contributed by atoms with Crippen molar-refractivity contribution in [1.82, 2.24) is 19.3 Å². The van der Waals surface area contributed by atoms with Crippen molar-refractivity contribution >= 4 is 35.0 Å². The second-order valence-electron chi connectivity index (χ2n) is 4.46.